The van der Waals surface area contributed by atoms with Gasteiger partial charge in [0.15, 0.2) is 5.17 Å². The topological polar surface area (TPSA) is 39.5 Å². The van der Waals surface area contributed by atoms with Crippen molar-refractivity contribution in [3.05, 3.63) is 35.9 Å². The summed E-state index contributed by atoms with van der Waals surface area (Å²) in [5.41, 5.74) is 2.22. The van der Waals surface area contributed by atoms with Gasteiger partial charge in [-0.3, -0.25) is 5.41 Å². The fourth-order valence-electron chi connectivity index (χ4n) is 1.57. The van der Waals surface area contributed by atoms with Gasteiger partial charge in [0.05, 0.1) is 5.71 Å². The third-order valence-corrected chi connectivity index (χ3v) is 3.27. The maximum Gasteiger partial charge on any atom is 0.177 e. The van der Waals surface area contributed by atoms with Crippen LogP contribution >= 0.6 is 11.8 Å². The molecule has 1 aliphatic rings. The summed E-state index contributed by atoms with van der Waals surface area (Å²) in [5, 5.41) is 14.7. The fraction of sp³-hybridized carbons (Fsp3) is 0.333. The van der Waals surface area contributed by atoms with Crippen LogP contribution in [-0.2, 0) is 0 Å². The second kappa shape index (κ2) is 5.16. The highest BCUT2D eigenvalue weighted by Crippen LogP contribution is 2.18. The van der Waals surface area contributed by atoms with Crippen LogP contribution in [0.25, 0.3) is 0 Å². The molecule has 0 bridgehead atoms. The number of hydrogen-bond acceptors (Lipinski definition) is 3. The second-order valence-electron chi connectivity index (χ2n) is 3.63. The molecular weight excluding hydrogens is 218 g/mol. The van der Waals surface area contributed by atoms with E-state index in [0.717, 1.165) is 30.0 Å². The average molecular weight is 233 g/mol. The molecule has 84 valence electrons. The van der Waals surface area contributed by atoms with E-state index in [2.05, 4.69) is 24.2 Å². The molecule has 0 saturated heterocycles. The van der Waals surface area contributed by atoms with Gasteiger partial charge in [-0.2, -0.15) is 5.10 Å². The van der Waals surface area contributed by atoms with Gasteiger partial charge >= 0.3 is 0 Å². The molecule has 0 atom stereocenters. The summed E-state index contributed by atoms with van der Waals surface area (Å²) in [6.45, 7) is 2.92. The van der Waals surface area contributed by atoms with E-state index in [4.69, 9.17) is 5.41 Å². The molecular formula is C12H15N3S. The number of benzene rings is 1. The molecule has 2 rings (SSSR count). The molecule has 0 amide bonds. The molecule has 0 unspecified atom stereocenters. The molecule has 1 aromatic carbocycles. The summed E-state index contributed by atoms with van der Waals surface area (Å²) in [5.74, 6) is 0.795. The zero-order valence-electron chi connectivity index (χ0n) is 9.31. The molecule has 1 aromatic rings. The van der Waals surface area contributed by atoms with Gasteiger partial charge in [-0.15, -0.1) is 0 Å². The molecule has 0 aromatic heterocycles. The van der Waals surface area contributed by atoms with E-state index in [9.17, 15) is 0 Å². The normalized spacial score (nSPS) is 16.2. The Morgan fingerprint density at radius 1 is 1.38 bits per heavy atom. The van der Waals surface area contributed by atoms with Gasteiger partial charge in [0.1, 0.15) is 0 Å². The molecule has 0 saturated carbocycles. The van der Waals surface area contributed by atoms with Crippen LogP contribution in [0.5, 0.6) is 0 Å². The number of rotatable bonds is 3. The molecule has 0 fully saturated rings. The zero-order chi connectivity index (χ0) is 11.4. The number of hydrogen-bond donors (Lipinski definition) is 1. The third kappa shape index (κ3) is 2.44. The lowest BCUT2D eigenvalue weighted by Gasteiger charge is -2.24. The predicted octanol–water partition coefficient (Wildman–Crippen LogP) is 2.78. The minimum Gasteiger partial charge on any atom is -0.277 e. The lowest BCUT2D eigenvalue weighted by molar-refractivity contribution is 0.448. The van der Waals surface area contributed by atoms with E-state index in [1.54, 1.807) is 16.8 Å². The molecule has 4 heteroatoms. The Labute approximate surface area is 100 Å². The first kappa shape index (κ1) is 11.2. The van der Waals surface area contributed by atoms with Crippen molar-refractivity contribution < 1.29 is 0 Å². The zero-order valence-corrected chi connectivity index (χ0v) is 10.1. The Bertz CT molecular complexity index is 400. The summed E-state index contributed by atoms with van der Waals surface area (Å²) in [6, 6.07) is 10.2. The van der Waals surface area contributed by atoms with Gasteiger partial charge in [0.25, 0.3) is 0 Å². The first-order chi connectivity index (χ1) is 7.81. The van der Waals surface area contributed by atoms with Crippen LogP contribution in [0.15, 0.2) is 35.4 Å². The summed E-state index contributed by atoms with van der Waals surface area (Å²) >= 11 is 1.55. The number of thioether (sulfide) groups is 1. The van der Waals surface area contributed by atoms with Gasteiger partial charge < -0.3 is 0 Å². The van der Waals surface area contributed by atoms with Crippen LogP contribution in [-0.4, -0.2) is 28.2 Å². The maximum absolute atomic E-state index is 7.78. The van der Waals surface area contributed by atoms with Crippen LogP contribution in [0.2, 0.25) is 0 Å². The number of nitrogens with one attached hydrogen (secondary N) is 1. The highest BCUT2D eigenvalue weighted by molar-refractivity contribution is 8.14. The van der Waals surface area contributed by atoms with Gasteiger partial charge in [-0.1, -0.05) is 49.0 Å². The molecule has 0 radical (unpaired) electrons. The van der Waals surface area contributed by atoms with E-state index in [-0.39, 0.29) is 0 Å². The van der Waals surface area contributed by atoms with Crippen LogP contribution in [0, 0.1) is 5.41 Å². The van der Waals surface area contributed by atoms with Crippen molar-refractivity contribution >= 4 is 22.6 Å². The van der Waals surface area contributed by atoms with Crippen LogP contribution in [0.3, 0.4) is 0 Å². The highest BCUT2D eigenvalue weighted by Gasteiger charge is 2.17. The van der Waals surface area contributed by atoms with E-state index >= 15 is 0 Å². The van der Waals surface area contributed by atoms with Crippen LogP contribution in [0.4, 0.5) is 0 Å². The van der Waals surface area contributed by atoms with Crippen LogP contribution in [0.1, 0.15) is 18.9 Å². The Hall–Kier alpha value is -1.29. The highest BCUT2D eigenvalue weighted by atomic mass is 32.2. The number of nitrogens with zero attached hydrogens (tertiary/aromatic N) is 2. The van der Waals surface area contributed by atoms with Gasteiger partial charge in [-0.25, -0.2) is 5.01 Å². The molecule has 1 heterocycles. The summed E-state index contributed by atoms with van der Waals surface area (Å²) < 4.78 is 0. The van der Waals surface area contributed by atoms with E-state index < -0.39 is 0 Å². The first-order valence-corrected chi connectivity index (χ1v) is 6.41. The molecule has 0 spiro atoms. The van der Waals surface area contributed by atoms with E-state index in [1.165, 1.54) is 0 Å². The quantitative estimate of drug-likeness (QED) is 0.872. The maximum atomic E-state index is 7.78. The van der Waals surface area contributed by atoms with Crippen molar-refractivity contribution in [2.75, 3.05) is 12.3 Å². The molecule has 16 heavy (non-hydrogen) atoms. The molecule has 1 N–H and O–H groups in total. The smallest absolute Gasteiger partial charge is 0.177 e. The van der Waals surface area contributed by atoms with Crippen molar-refractivity contribution in [1.82, 2.24) is 5.01 Å². The molecule has 1 aliphatic heterocycles. The number of hydrazone groups is 1. The van der Waals surface area contributed by atoms with Crippen molar-refractivity contribution in [1.29, 1.82) is 5.41 Å². The molecule has 3 nitrogen and oxygen atoms in total. The van der Waals surface area contributed by atoms with Crippen molar-refractivity contribution in [3.63, 3.8) is 0 Å². The molecule has 0 aliphatic carbocycles. The Morgan fingerprint density at radius 2 is 2.12 bits per heavy atom. The second-order valence-corrected chi connectivity index (χ2v) is 4.59. The van der Waals surface area contributed by atoms with Crippen molar-refractivity contribution in [3.8, 4) is 0 Å². The van der Waals surface area contributed by atoms with Gasteiger partial charge in [0, 0.05) is 12.3 Å². The standard InChI is InChI=1S/C12H15N3S/c1-2-8-15-12(13)16-9-11(14-15)10-6-4-3-5-7-10/h3-7,13H,2,8-9H2,1H3. The minimum absolute atomic E-state index is 0.557. The Morgan fingerprint density at radius 3 is 2.81 bits per heavy atom. The Balaban J connectivity index is 2.22. The average Bonchev–Trinajstić information content (AvgIpc) is 2.33. The van der Waals surface area contributed by atoms with Crippen LogP contribution < -0.4 is 0 Å². The summed E-state index contributed by atoms with van der Waals surface area (Å²) in [7, 11) is 0. The fourth-order valence-corrected chi connectivity index (χ4v) is 2.35. The lowest BCUT2D eigenvalue weighted by atomic mass is 10.1. The predicted molar refractivity (Wildman–Crippen MR) is 70.2 cm³/mol. The van der Waals surface area contributed by atoms with Crippen molar-refractivity contribution in [2.45, 2.75) is 13.3 Å². The minimum atomic E-state index is 0.557. The van der Waals surface area contributed by atoms with Gasteiger partial charge in [-0.05, 0) is 12.0 Å². The summed E-state index contributed by atoms with van der Waals surface area (Å²) in [4.78, 5) is 0. The monoisotopic (exact) mass is 233 g/mol. The first-order valence-electron chi connectivity index (χ1n) is 5.43. The largest absolute Gasteiger partial charge is 0.277 e. The van der Waals surface area contributed by atoms with E-state index in [1.807, 2.05) is 18.2 Å². The van der Waals surface area contributed by atoms with E-state index in [0.29, 0.717) is 5.17 Å². The van der Waals surface area contributed by atoms with Gasteiger partial charge in [0.2, 0.25) is 0 Å². The lowest BCUT2D eigenvalue weighted by Crippen LogP contribution is -2.30. The SMILES string of the molecule is CCCN1N=C(c2ccccc2)CSC1=N. The Kier molecular flexibility index (Phi) is 3.62. The number of amidine groups is 1. The summed E-state index contributed by atoms with van der Waals surface area (Å²) in [6.07, 6.45) is 1.01. The van der Waals surface area contributed by atoms with Crippen molar-refractivity contribution in [2.24, 2.45) is 5.10 Å². The third-order valence-electron chi connectivity index (χ3n) is 2.36.